The Morgan fingerprint density at radius 1 is 1.09 bits per heavy atom. The van der Waals surface area contributed by atoms with Crippen LogP contribution in [0.25, 0.3) is 0 Å². The number of rotatable bonds is 2. The topological polar surface area (TPSA) is 36.4 Å². The van der Waals surface area contributed by atoms with E-state index >= 15 is 0 Å². The van der Waals surface area contributed by atoms with Gasteiger partial charge in [-0.15, -0.1) is 0 Å². The summed E-state index contributed by atoms with van der Waals surface area (Å²) in [6, 6.07) is 9.45. The highest BCUT2D eigenvalue weighted by Crippen LogP contribution is 2.19. The normalized spacial score (nSPS) is 15.4. The number of benzene rings is 1. The molecule has 4 nitrogen and oxygen atoms in total. The van der Waals surface area contributed by atoms with Crippen LogP contribution in [0.5, 0.6) is 0 Å². The van der Waals surface area contributed by atoms with Crippen molar-refractivity contribution in [3.63, 3.8) is 0 Å². The van der Waals surface area contributed by atoms with Gasteiger partial charge in [-0.2, -0.15) is 0 Å². The third kappa shape index (κ3) is 3.79. The number of aromatic nitrogens is 1. The van der Waals surface area contributed by atoms with Gasteiger partial charge in [0.15, 0.2) is 0 Å². The Morgan fingerprint density at radius 3 is 2.61 bits per heavy atom. The molecular weight excluding hydrogens is 317 g/mol. The molecule has 2 aromatic rings. The van der Waals surface area contributed by atoms with Crippen LogP contribution in [0.1, 0.15) is 16.8 Å². The van der Waals surface area contributed by atoms with Crippen LogP contribution in [0.2, 0.25) is 5.15 Å². The Balaban J connectivity index is 1.68. The molecule has 3 rings (SSSR count). The summed E-state index contributed by atoms with van der Waals surface area (Å²) in [5.41, 5.74) is 1.54. The second-order valence-electron chi connectivity index (χ2n) is 5.48. The van der Waals surface area contributed by atoms with Gasteiger partial charge in [-0.3, -0.25) is 4.79 Å². The highest BCUT2D eigenvalue weighted by molar-refractivity contribution is 6.29. The van der Waals surface area contributed by atoms with Crippen molar-refractivity contribution in [2.24, 2.45) is 0 Å². The van der Waals surface area contributed by atoms with E-state index in [1.807, 2.05) is 17.0 Å². The summed E-state index contributed by atoms with van der Waals surface area (Å²) in [7, 11) is 0. The molecule has 0 saturated carbocycles. The number of nitrogens with zero attached hydrogens (tertiary/aromatic N) is 3. The molecule has 0 unspecified atom stereocenters. The zero-order chi connectivity index (χ0) is 16.2. The maximum atomic E-state index is 13.0. The van der Waals surface area contributed by atoms with E-state index in [0.29, 0.717) is 23.8 Å². The molecule has 1 saturated heterocycles. The van der Waals surface area contributed by atoms with Crippen molar-refractivity contribution in [3.8, 4) is 0 Å². The van der Waals surface area contributed by atoms with Crippen molar-refractivity contribution in [2.75, 3.05) is 31.1 Å². The largest absolute Gasteiger partial charge is 0.370 e. The second kappa shape index (κ2) is 6.96. The van der Waals surface area contributed by atoms with E-state index < -0.39 is 0 Å². The molecule has 1 amide bonds. The summed E-state index contributed by atoms with van der Waals surface area (Å²) in [4.78, 5) is 20.5. The fraction of sp³-hybridized carbons (Fsp3) is 0.294. The fourth-order valence-electron chi connectivity index (χ4n) is 2.74. The molecule has 0 bridgehead atoms. The monoisotopic (exact) mass is 333 g/mol. The standard InChI is InChI=1S/C17H17ClFN3O/c18-16-12-15(6-7-20-16)21-8-1-9-22(11-10-21)17(23)13-2-4-14(19)5-3-13/h2-7,12H,1,8-11H2. The van der Waals surface area contributed by atoms with Gasteiger partial charge in [-0.05, 0) is 42.8 Å². The first kappa shape index (κ1) is 15.7. The Bertz CT molecular complexity index is 692. The average molecular weight is 334 g/mol. The number of carbonyl (C=O) groups excluding carboxylic acids is 1. The number of pyridine rings is 1. The molecule has 0 aliphatic carbocycles. The van der Waals surface area contributed by atoms with Gasteiger partial charge in [0.1, 0.15) is 11.0 Å². The highest BCUT2D eigenvalue weighted by Gasteiger charge is 2.20. The Hall–Kier alpha value is -2.14. The molecule has 6 heteroatoms. The number of hydrogen-bond acceptors (Lipinski definition) is 3. The van der Waals surface area contributed by atoms with Gasteiger partial charge in [0.2, 0.25) is 0 Å². The van der Waals surface area contributed by atoms with Crippen molar-refractivity contribution < 1.29 is 9.18 Å². The lowest BCUT2D eigenvalue weighted by Crippen LogP contribution is -2.35. The maximum Gasteiger partial charge on any atom is 0.253 e. The second-order valence-corrected chi connectivity index (χ2v) is 5.86. The van der Waals surface area contributed by atoms with Crippen molar-refractivity contribution in [1.29, 1.82) is 0 Å². The highest BCUT2D eigenvalue weighted by atomic mass is 35.5. The summed E-state index contributed by atoms with van der Waals surface area (Å²) < 4.78 is 13.0. The van der Waals surface area contributed by atoms with Crippen molar-refractivity contribution in [3.05, 3.63) is 59.1 Å². The number of halogens is 2. The summed E-state index contributed by atoms with van der Waals surface area (Å²) in [6.45, 7) is 2.89. The van der Waals surface area contributed by atoms with Crippen LogP contribution in [0, 0.1) is 5.82 Å². The average Bonchev–Trinajstić information content (AvgIpc) is 2.81. The minimum atomic E-state index is -0.335. The van der Waals surface area contributed by atoms with E-state index in [1.165, 1.54) is 24.3 Å². The smallest absolute Gasteiger partial charge is 0.253 e. The third-order valence-electron chi connectivity index (χ3n) is 3.95. The number of hydrogen-bond donors (Lipinski definition) is 0. The van der Waals surface area contributed by atoms with Gasteiger partial charge in [0.25, 0.3) is 5.91 Å². The van der Waals surface area contributed by atoms with Crippen molar-refractivity contribution in [2.45, 2.75) is 6.42 Å². The predicted molar refractivity (Wildman–Crippen MR) is 88.4 cm³/mol. The SMILES string of the molecule is O=C(c1ccc(F)cc1)N1CCCN(c2ccnc(Cl)c2)CC1. The summed E-state index contributed by atoms with van der Waals surface area (Å²) in [5, 5.41) is 0.464. The molecule has 0 radical (unpaired) electrons. The summed E-state index contributed by atoms with van der Waals surface area (Å²) in [6.07, 6.45) is 2.55. The number of anilines is 1. The molecule has 1 aromatic heterocycles. The molecule has 0 N–H and O–H groups in total. The van der Waals surface area contributed by atoms with E-state index in [9.17, 15) is 9.18 Å². The number of carbonyl (C=O) groups is 1. The lowest BCUT2D eigenvalue weighted by atomic mass is 10.2. The van der Waals surface area contributed by atoms with Crippen LogP contribution in [-0.4, -0.2) is 42.0 Å². The minimum Gasteiger partial charge on any atom is -0.370 e. The summed E-state index contributed by atoms with van der Waals surface area (Å²) in [5.74, 6) is -0.391. The Labute approximate surface area is 139 Å². The third-order valence-corrected chi connectivity index (χ3v) is 4.16. The van der Waals surface area contributed by atoms with E-state index in [0.717, 1.165) is 25.2 Å². The molecule has 120 valence electrons. The van der Waals surface area contributed by atoms with Gasteiger partial charge in [0, 0.05) is 43.6 Å². The van der Waals surface area contributed by atoms with E-state index in [4.69, 9.17) is 11.6 Å². The van der Waals surface area contributed by atoms with E-state index in [1.54, 1.807) is 6.20 Å². The minimum absolute atomic E-state index is 0.0559. The lowest BCUT2D eigenvalue weighted by Gasteiger charge is -2.23. The molecule has 1 aromatic carbocycles. The van der Waals surface area contributed by atoms with E-state index in [-0.39, 0.29) is 11.7 Å². The molecule has 2 heterocycles. The first-order valence-corrected chi connectivity index (χ1v) is 7.92. The maximum absolute atomic E-state index is 13.0. The van der Waals surface area contributed by atoms with Gasteiger partial charge in [0.05, 0.1) is 0 Å². The predicted octanol–water partition coefficient (Wildman–Crippen LogP) is 3.23. The zero-order valence-corrected chi connectivity index (χ0v) is 13.3. The first-order valence-electron chi connectivity index (χ1n) is 7.55. The molecule has 1 fully saturated rings. The first-order chi connectivity index (χ1) is 11.1. The van der Waals surface area contributed by atoms with Gasteiger partial charge in [-0.25, -0.2) is 9.37 Å². The quantitative estimate of drug-likeness (QED) is 0.792. The molecular formula is C17H17ClFN3O. The van der Waals surface area contributed by atoms with Gasteiger partial charge >= 0.3 is 0 Å². The van der Waals surface area contributed by atoms with Gasteiger partial charge < -0.3 is 9.80 Å². The number of amides is 1. The molecule has 1 aliphatic heterocycles. The fourth-order valence-corrected chi connectivity index (χ4v) is 2.91. The molecule has 0 atom stereocenters. The van der Waals surface area contributed by atoms with E-state index in [2.05, 4.69) is 9.88 Å². The molecule has 23 heavy (non-hydrogen) atoms. The lowest BCUT2D eigenvalue weighted by molar-refractivity contribution is 0.0767. The van der Waals surface area contributed by atoms with Crippen LogP contribution in [0.15, 0.2) is 42.6 Å². The van der Waals surface area contributed by atoms with Crippen LogP contribution < -0.4 is 4.90 Å². The van der Waals surface area contributed by atoms with Crippen molar-refractivity contribution >= 4 is 23.2 Å². The van der Waals surface area contributed by atoms with Crippen LogP contribution in [0.3, 0.4) is 0 Å². The van der Waals surface area contributed by atoms with Crippen LogP contribution in [0.4, 0.5) is 10.1 Å². The molecule has 0 spiro atoms. The Morgan fingerprint density at radius 2 is 1.87 bits per heavy atom. The molecule has 1 aliphatic rings. The zero-order valence-electron chi connectivity index (χ0n) is 12.6. The van der Waals surface area contributed by atoms with Crippen LogP contribution in [-0.2, 0) is 0 Å². The van der Waals surface area contributed by atoms with Gasteiger partial charge in [-0.1, -0.05) is 11.6 Å². The Kier molecular flexibility index (Phi) is 4.76. The van der Waals surface area contributed by atoms with Crippen molar-refractivity contribution in [1.82, 2.24) is 9.88 Å². The van der Waals surface area contributed by atoms with Crippen LogP contribution >= 0.6 is 11.6 Å². The summed E-state index contributed by atoms with van der Waals surface area (Å²) >= 11 is 5.94.